The molecule has 0 N–H and O–H groups in total. The molecule has 0 bridgehead atoms. The Morgan fingerprint density at radius 3 is 2.14 bits per heavy atom. The van der Waals surface area contributed by atoms with Crippen LogP contribution in [-0.4, -0.2) is 27.4 Å². The van der Waals surface area contributed by atoms with Gasteiger partial charge in [0.25, 0.3) is 5.97 Å². The fourth-order valence-electron chi connectivity index (χ4n) is 0.768. The van der Waals surface area contributed by atoms with Gasteiger partial charge in [-0.3, -0.25) is 4.79 Å². The third-order valence-electron chi connectivity index (χ3n) is 1.25. The first-order valence-electron chi connectivity index (χ1n) is 4.24. The lowest BCUT2D eigenvalue weighted by Gasteiger charge is -2.17. The van der Waals surface area contributed by atoms with Crippen LogP contribution in [0.3, 0.4) is 0 Å². The average molecular weight is 216 g/mol. The van der Waals surface area contributed by atoms with Crippen LogP contribution >= 0.6 is 0 Å². The van der Waals surface area contributed by atoms with Gasteiger partial charge >= 0.3 is 5.97 Å². The number of ether oxygens (including phenoxy) is 1. The number of carbonyl (C=O) groups excluding carboxylic acids is 2. The number of hydrogen-bond donors (Lipinski definition) is 0. The van der Waals surface area contributed by atoms with Crippen molar-refractivity contribution in [2.24, 2.45) is 0 Å². The van der Waals surface area contributed by atoms with Gasteiger partial charge in [-0.05, 0) is 19.6 Å². The molecule has 0 atom stereocenters. The van der Waals surface area contributed by atoms with E-state index in [-0.39, 0.29) is 12.0 Å². The van der Waals surface area contributed by atoms with E-state index in [9.17, 15) is 9.59 Å². The molecule has 0 aliphatic heterocycles. The Balaban J connectivity index is 4.08. The van der Waals surface area contributed by atoms with E-state index in [1.807, 2.05) is 19.6 Å². The highest BCUT2D eigenvalue weighted by molar-refractivity contribution is 6.71. The van der Waals surface area contributed by atoms with Crippen LogP contribution in [0.1, 0.15) is 6.42 Å². The summed E-state index contributed by atoms with van der Waals surface area (Å²) in [7, 11) is -0.627. The minimum atomic E-state index is -1.87. The Labute approximate surface area is 85.0 Å². The minimum absolute atomic E-state index is 0.100. The van der Waals surface area contributed by atoms with Gasteiger partial charge in [-0.2, -0.15) is 0 Å². The highest BCUT2D eigenvalue weighted by Crippen LogP contribution is 2.08. The number of esters is 1. The molecule has 4 nitrogen and oxygen atoms in total. The predicted molar refractivity (Wildman–Crippen MR) is 55.2 cm³/mol. The van der Waals surface area contributed by atoms with Gasteiger partial charge in [0.1, 0.15) is 0 Å². The molecule has 0 aromatic rings. The molecule has 0 aliphatic rings. The van der Waals surface area contributed by atoms with E-state index in [2.05, 4.69) is 11.3 Å². The van der Waals surface area contributed by atoms with Crippen LogP contribution in [0.15, 0.2) is 12.2 Å². The van der Waals surface area contributed by atoms with E-state index in [1.165, 1.54) is 7.11 Å². The molecule has 0 amide bonds. The Bertz CT molecular complexity index is 252. The van der Waals surface area contributed by atoms with Crippen molar-refractivity contribution >= 4 is 20.3 Å². The van der Waals surface area contributed by atoms with Gasteiger partial charge < -0.3 is 9.16 Å². The Morgan fingerprint density at radius 1 is 1.29 bits per heavy atom. The summed E-state index contributed by atoms with van der Waals surface area (Å²) < 4.78 is 9.54. The molecule has 0 aromatic carbocycles. The van der Waals surface area contributed by atoms with E-state index in [0.717, 1.165) is 0 Å². The first kappa shape index (κ1) is 12.9. The van der Waals surface area contributed by atoms with E-state index < -0.39 is 20.3 Å². The summed E-state index contributed by atoms with van der Waals surface area (Å²) in [5, 5.41) is 0. The lowest BCUT2D eigenvalue weighted by molar-refractivity contribution is -0.140. The molecule has 0 rings (SSSR count). The second-order valence-electron chi connectivity index (χ2n) is 3.86. The number of hydrogen-bond acceptors (Lipinski definition) is 4. The number of carbonyl (C=O) groups is 2. The van der Waals surface area contributed by atoms with Crippen LogP contribution in [0.5, 0.6) is 0 Å². The van der Waals surface area contributed by atoms with Crippen LogP contribution in [0.4, 0.5) is 0 Å². The summed E-state index contributed by atoms with van der Waals surface area (Å²) in [5.41, 5.74) is 0.121. The SMILES string of the molecule is C=C(CC(=O)O[Si](C)(C)C)C(=O)OC. The van der Waals surface area contributed by atoms with Gasteiger partial charge in [-0.15, -0.1) is 0 Å². The maximum Gasteiger partial charge on any atom is 0.333 e. The summed E-state index contributed by atoms with van der Waals surface area (Å²) in [6.45, 7) is 9.12. The van der Waals surface area contributed by atoms with E-state index in [1.54, 1.807) is 0 Å². The highest BCUT2D eigenvalue weighted by atomic mass is 28.4. The molecule has 5 heteroatoms. The van der Waals surface area contributed by atoms with Crippen molar-refractivity contribution in [3.63, 3.8) is 0 Å². The molecule has 0 fully saturated rings. The van der Waals surface area contributed by atoms with Gasteiger partial charge in [-0.25, -0.2) is 4.79 Å². The summed E-state index contributed by atoms with van der Waals surface area (Å²) >= 11 is 0. The molecule has 0 heterocycles. The van der Waals surface area contributed by atoms with Crippen molar-refractivity contribution in [3.05, 3.63) is 12.2 Å². The molecule has 0 saturated heterocycles. The lowest BCUT2D eigenvalue weighted by atomic mass is 10.2. The summed E-state index contributed by atoms with van der Waals surface area (Å²) in [6, 6.07) is 0. The molecule has 0 saturated carbocycles. The van der Waals surface area contributed by atoms with Gasteiger partial charge in [-0.1, -0.05) is 6.58 Å². The van der Waals surface area contributed by atoms with Gasteiger partial charge in [0.15, 0.2) is 0 Å². The van der Waals surface area contributed by atoms with Crippen LogP contribution in [0.25, 0.3) is 0 Å². The van der Waals surface area contributed by atoms with Crippen LogP contribution in [0.2, 0.25) is 19.6 Å². The zero-order valence-corrected chi connectivity index (χ0v) is 10.0. The molecule has 80 valence electrons. The molecular formula is C9H16O4Si. The topological polar surface area (TPSA) is 52.6 Å². The van der Waals surface area contributed by atoms with Gasteiger partial charge in [0.2, 0.25) is 8.32 Å². The normalized spacial score (nSPS) is 10.6. The van der Waals surface area contributed by atoms with Gasteiger partial charge in [0, 0.05) is 5.57 Å². The first-order valence-corrected chi connectivity index (χ1v) is 7.65. The minimum Gasteiger partial charge on any atom is -0.520 e. The number of rotatable bonds is 4. The first-order chi connectivity index (χ1) is 6.26. The van der Waals surface area contributed by atoms with E-state index in [0.29, 0.717) is 0 Å². The fourth-order valence-corrected chi connectivity index (χ4v) is 1.52. The van der Waals surface area contributed by atoms with Crippen LogP contribution in [0, 0.1) is 0 Å². The van der Waals surface area contributed by atoms with Crippen molar-refractivity contribution in [1.82, 2.24) is 0 Å². The van der Waals surface area contributed by atoms with Crippen LogP contribution < -0.4 is 0 Å². The quantitative estimate of drug-likeness (QED) is 0.406. The number of methoxy groups -OCH3 is 1. The van der Waals surface area contributed by atoms with Crippen molar-refractivity contribution in [1.29, 1.82) is 0 Å². The molecule has 0 aromatic heterocycles. The van der Waals surface area contributed by atoms with Crippen molar-refractivity contribution in [2.75, 3.05) is 7.11 Å². The third kappa shape index (κ3) is 5.53. The largest absolute Gasteiger partial charge is 0.520 e. The zero-order valence-electron chi connectivity index (χ0n) is 9.05. The van der Waals surface area contributed by atoms with Crippen molar-refractivity contribution in [2.45, 2.75) is 26.1 Å². The van der Waals surface area contributed by atoms with Gasteiger partial charge in [0.05, 0.1) is 13.5 Å². The second kappa shape index (κ2) is 4.95. The lowest BCUT2D eigenvalue weighted by Crippen LogP contribution is -2.29. The highest BCUT2D eigenvalue weighted by Gasteiger charge is 2.21. The van der Waals surface area contributed by atoms with E-state index in [4.69, 9.17) is 4.43 Å². The smallest absolute Gasteiger partial charge is 0.333 e. The summed E-state index contributed by atoms with van der Waals surface area (Å²) in [5.74, 6) is -0.989. The maximum absolute atomic E-state index is 11.2. The Morgan fingerprint density at radius 2 is 1.79 bits per heavy atom. The molecule has 0 unspecified atom stereocenters. The fraction of sp³-hybridized carbons (Fsp3) is 0.556. The Kier molecular flexibility index (Phi) is 4.56. The van der Waals surface area contributed by atoms with E-state index >= 15 is 0 Å². The molecule has 0 radical (unpaired) electrons. The molecule has 14 heavy (non-hydrogen) atoms. The molecule has 0 spiro atoms. The zero-order chi connectivity index (χ0) is 11.4. The third-order valence-corrected chi connectivity index (χ3v) is 2.09. The maximum atomic E-state index is 11.2. The van der Waals surface area contributed by atoms with Crippen molar-refractivity contribution < 1.29 is 18.8 Å². The molecular weight excluding hydrogens is 200 g/mol. The van der Waals surface area contributed by atoms with Crippen LogP contribution in [-0.2, 0) is 18.8 Å². The Hall–Kier alpha value is -1.10. The summed E-state index contributed by atoms with van der Waals surface area (Å²) in [6.07, 6.45) is -0.100. The summed E-state index contributed by atoms with van der Waals surface area (Å²) in [4.78, 5) is 22.1. The standard InChI is InChI=1S/C9H16O4Si/c1-7(9(11)12-2)6-8(10)13-14(3,4)5/h1,6H2,2-5H3. The molecule has 0 aliphatic carbocycles. The average Bonchev–Trinajstić information content (AvgIpc) is 1.99. The predicted octanol–water partition coefficient (Wildman–Crippen LogP) is 1.48. The van der Waals surface area contributed by atoms with Crippen molar-refractivity contribution in [3.8, 4) is 0 Å². The second-order valence-corrected chi connectivity index (χ2v) is 8.29. The monoisotopic (exact) mass is 216 g/mol.